The molecule has 4 nitrogen and oxygen atoms in total. The summed E-state index contributed by atoms with van der Waals surface area (Å²) in [5.74, 6) is -0.207. The van der Waals surface area contributed by atoms with Crippen LogP contribution < -0.4 is 4.31 Å². The lowest BCUT2D eigenvalue weighted by atomic mass is 9.96. The molecule has 0 fully saturated rings. The van der Waals surface area contributed by atoms with Gasteiger partial charge in [-0.15, -0.1) is 0 Å². The van der Waals surface area contributed by atoms with Crippen LogP contribution in [0.3, 0.4) is 0 Å². The van der Waals surface area contributed by atoms with Crippen molar-refractivity contribution in [2.75, 3.05) is 10.8 Å². The number of Topliss-reactive ketones (excluding diaryl/α,β-unsaturated/α-hetero) is 1. The number of carbonyl (C=O) groups is 1. The molecule has 0 aliphatic carbocycles. The first-order valence-corrected chi connectivity index (χ1v) is 12.7. The molecule has 0 bridgehead atoms. The summed E-state index contributed by atoms with van der Waals surface area (Å²) in [4.78, 5) is 13.3. The van der Waals surface area contributed by atoms with E-state index in [1.807, 2.05) is 73.7 Å². The van der Waals surface area contributed by atoms with Crippen LogP contribution in [0.15, 0.2) is 108 Å². The minimum Gasteiger partial charge on any atom is -0.297 e. The molecule has 0 aliphatic rings. The van der Waals surface area contributed by atoms with Gasteiger partial charge >= 0.3 is 0 Å². The van der Waals surface area contributed by atoms with Crippen LogP contribution in [0.5, 0.6) is 0 Å². The maximum absolute atomic E-state index is 13.5. The Kier molecular flexibility index (Phi) is 7.15. The van der Waals surface area contributed by atoms with Crippen LogP contribution in [0.25, 0.3) is 11.1 Å². The Morgan fingerprint density at radius 1 is 0.794 bits per heavy atom. The molecule has 4 aromatic carbocycles. The second-order valence-electron chi connectivity index (χ2n) is 8.04. The van der Waals surface area contributed by atoms with Gasteiger partial charge in [0, 0.05) is 11.4 Å². The molecule has 0 amide bonds. The van der Waals surface area contributed by atoms with E-state index in [9.17, 15) is 13.2 Å². The number of hydrogen-bond donors (Lipinski definition) is 0. The zero-order chi connectivity index (χ0) is 24.1. The Morgan fingerprint density at radius 3 is 2.09 bits per heavy atom. The molecular weight excluding hydrogens is 466 g/mol. The van der Waals surface area contributed by atoms with E-state index in [4.69, 9.17) is 11.6 Å². The normalized spacial score (nSPS) is 11.2. The molecule has 34 heavy (non-hydrogen) atoms. The number of nitrogens with zero attached hydrogens (tertiary/aromatic N) is 1. The first-order valence-electron chi connectivity index (χ1n) is 10.8. The summed E-state index contributed by atoms with van der Waals surface area (Å²) in [7, 11) is -3.98. The fourth-order valence-electron chi connectivity index (χ4n) is 3.76. The number of halogens is 1. The van der Waals surface area contributed by atoms with Crippen molar-refractivity contribution < 1.29 is 13.2 Å². The molecule has 0 radical (unpaired) electrons. The quantitative estimate of drug-likeness (QED) is 0.291. The Bertz CT molecular complexity index is 1380. The standard InChI is InChI=1S/C28H24ClNO3S/c1-21-11-15-25(16-12-21)30(34(32,33)27-17-13-24(29)14-18-27)20-26(31)19-23-9-5-6-10-28(23)22-7-3-2-4-8-22/h2-18H,19-20H2,1H3. The Balaban J connectivity index is 1.66. The van der Waals surface area contributed by atoms with E-state index in [-0.39, 0.29) is 23.6 Å². The number of aryl methyl sites for hydroxylation is 1. The molecule has 0 aliphatic heterocycles. The number of anilines is 1. The number of sulfonamides is 1. The first-order chi connectivity index (χ1) is 16.3. The van der Waals surface area contributed by atoms with E-state index in [0.29, 0.717) is 10.7 Å². The number of benzene rings is 4. The van der Waals surface area contributed by atoms with E-state index < -0.39 is 10.0 Å². The molecule has 172 valence electrons. The maximum atomic E-state index is 13.5. The number of carbonyl (C=O) groups excluding carboxylic acids is 1. The highest BCUT2D eigenvalue weighted by atomic mass is 35.5. The van der Waals surface area contributed by atoms with E-state index in [1.165, 1.54) is 28.6 Å². The molecule has 0 saturated carbocycles. The molecule has 4 rings (SSSR count). The van der Waals surface area contributed by atoms with E-state index in [0.717, 1.165) is 22.3 Å². The average Bonchev–Trinajstić information content (AvgIpc) is 2.84. The molecule has 0 N–H and O–H groups in total. The van der Waals surface area contributed by atoms with Crippen molar-refractivity contribution in [1.82, 2.24) is 0 Å². The lowest BCUT2D eigenvalue weighted by Crippen LogP contribution is -2.36. The monoisotopic (exact) mass is 489 g/mol. The SMILES string of the molecule is Cc1ccc(N(CC(=O)Cc2ccccc2-c2ccccc2)S(=O)(=O)c2ccc(Cl)cc2)cc1. The fraction of sp³-hybridized carbons (Fsp3) is 0.107. The zero-order valence-electron chi connectivity index (χ0n) is 18.7. The summed E-state index contributed by atoms with van der Waals surface area (Å²) in [5.41, 5.74) is 4.25. The highest BCUT2D eigenvalue weighted by molar-refractivity contribution is 7.92. The van der Waals surface area contributed by atoms with Crippen LogP contribution >= 0.6 is 11.6 Å². The van der Waals surface area contributed by atoms with Gasteiger partial charge in [0.1, 0.15) is 0 Å². The minimum atomic E-state index is -3.98. The molecule has 0 saturated heterocycles. The molecule has 0 heterocycles. The summed E-state index contributed by atoms with van der Waals surface area (Å²) < 4.78 is 28.2. The largest absolute Gasteiger partial charge is 0.297 e. The molecule has 4 aromatic rings. The molecule has 0 aromatic heterocycles. The van der Waals surface area contributed by atoms with Gasteiger partial charge in [-0.3, -0.25) is 9.10 Å². The smallest absolute Gasteiger partial charge is 0.264 e. The summed E-state index contributed by atoms with van der Waals surface area (Å²) in [6.07, 6.45) is 0.115. The summed E-state index contributed by atoms with van der Waals surface area (Å²) in [6.45, 7) is 1.64. The van der Waals surface area contributed by atoms with E-state index >= 15 is 0 Å². The van der Waals surface area contributed by atoms with Gasteiger partial charge in [0.2, 0.25) is 0 Å². The van der Waals surface area contributed by atoms with Gasteiger partial charge in [-0.05, 0) is 60.0 Å². The third-order valence-electron chi connectivity index (χ3n) is 5.53. The van der Waals surface area contributed by atoms with Gasteiger partial charge in [-0.1, -0.05) is 83.9 Å². The number of rotatable bonds is 8. The van der Waals surface area contributed by atoms with E-state index in [2.05, 4.69) is 0 Å². The van der Waals surface area contributed by atoms with Gasteiger partial charge in [0.15, 0.2) is 5.78 Å². The molecule has 0 unspecified atom stereocenters. The molecule has 6 heteroatoms. The molecule has 0 atom stereocenters. The van der Waals surface area contributed by atoms with Crippen LogP contribution in [0.4, 0.5) is 5.69 Å². The number of hydrogen-bond acceptors (Lipinski definition) is 3. The summed E-state index contributed by atoms with van der Waals surface area (Å²) in [6, 6.07) is 30.6. The fourth-order valence-corrected chi connectivity index (χ4v) is 5.34. The van der Waals surface area contributed by atoms with Crippen LogP contribution in [-0.4, -0.2) is 20.7 Å². The van der Waals surface area contributed by atoms with Gasteiger partial charge in [-0.2, -0.15) is 0 Å². The highest BCUT2D eigenvalue weighted by Crippen LogP contribution is 2.27. The van der Waals surface area contributed by atoms with Gasteiger partial charge < -0.3 is 0 Å². The predicted octanol–water partition coefficient (Wildman–Crippen LogP) is 6.32. The van der Waals surface area contributed by atoms with Gasteiger partial charge in [-0.25, -0.2) is 8.42 Å². The van der Waals surface area contributed by atoms with E-state index in [1.54, 1.807) is 12.1 Å². The van der Waals surface area contributed by atoms with Crippen molar-refractivity contribution in [2.45, 2.75) is 18.2 Å². The first kappa shape index (κ1) is 23.7. The zero-order valence-corrected chi connectivity index (χ0v) is 20.3. The summed E-state index contributed by atoms with van der Waals surface area (Å²) in [5, 5.41) is 0.439. The lowest BCUT2D eigenvalue weighted by Gasteiger charge is -2.24. The van der Waals surface area contributed by atoms with Crippen LogP contribution in [0.1, 0.15) is 11.1 Å². The Morgan fingerprint density at radius 2 is 1.41 bits per heavy atom. The minimum absolute atomic E-state index is 0.0787. The Labute approximate surface area is 205 Å². The van der Waals surface area contributed by atoms with Gasteiger partial charge in [0.05, 0.1) is 17.1 Å². The third kappa shape index (κ3) is 5.38. The van der Waals surface area contributed by atoms with Crippen LogP contribution in [0.2, 0.25) is 5.02 Å². The van der Waals surface area contributed by atoms with Crippen molar-refractivity contribution in [1.29, 1.82) is 0 Å². The second kappa shape index (κ2) is 10.2. The topological polar surface area (TPSA) is 54.5 Å². The second-order valence-corrected chi connectivity index (χ2v) is 10.3. The third-order valence-corrected chi connectivity index (χ3v) is 7.57. The van der Waals surface area contributed by atoms with Crippen molar-refractivity contribution in [3.05, 3.63) is 119 Å². The average molecular weight is 490 g/mol. The predicted molar refractivity (Wildman–Crippen MR) is 138 cm³/mol. The lowest BCUT2D eigenvalue weighted by molar-refractivity contribution is -0.117. The van der Waals surface area contributed by atoms with Crippen molar-refractivity contribution in [3.63, 3.8) is 0 Å². The highest BCUT2D eigenvalue weighted by Gasteiger charge is 2.27. The van der Waals surface area contributed by atoms with Crippen molar-refractivity contribution in [3.8, 4) is 11.1 Å². The summed E-state index contributed by atoms with van der Waals surface area (Å²) >= 11 is 5.95. The van der Waals surface area contributed by atoms with Gasteiger partial charge in [0.25, 0.3) is 10.0 Å². The van der Waals surface area contributed by atoms with Crippen molar-refractivity contribution >= 4 is 33.1 Å². The number of ketones is 1. The molecular formula is C28H24ClNO3S. The molecule has 0 spiro atoms. The Hall–Kier alpha value is -3.41. The van der Waals surface area contributed by atoms with Crippen molar-refractivity contribution in [2.24, 2.45) is 0 Å². The maximum Gasteiger partial charge on any atom is 0.264 e. The van der Waals surface area contributed by atoms with Crippen LogP contribution in [0, 0.1) is 6.92 Å². The van der Waals surface area contributed by atoms with Crippen LogP contribution in [-0.2, 0) is 21.2 Å².